The highest BCUT2D eigenvalue weighted by Crippen LogP contribution is 2.41. The Morgan fingerprint density at radius 2 is 2.26 bits per heavy atom. The molecule has 2 unspecified atom stereocenters. The summed E-state index contributed by atoms with van der Waals surface area (Å²) >= 11 is 0. The van der Waals surface area contributed by atoms with Gasteiger partial charge in [0.15, 0.2) is 0 Å². The molecule has 1 aliphatic heterocycles. The molecule has 2 aliphatic rings. The van der Waals surface area contributed by atoms with Gasteiger partial charge in [0, 0.05) is 44.5 Å². The second-order valence-electron chi connectivity index (χ2n) is 6.52. The smallest absolute Gasteiger partial charge is 0.0764 e. The molecule has 0 bridgehead atoms. The highest BCUT2D eigenvalue weighted by atomic mass is 15.3. The van der Waals surface area contributed by atoms with E-state index in [-0.39, 0.29) is 0 Å². The number of hydrogen-bond donors (Lipinski definition) is 1. The fourth-order valence-electron chi connectivity index (χ4n) is 3.42. The predicted octanol–water partition coefficient (Wildman–Crippen LogP) is 1.77. The highest BCUT2D eigenvalue weighted by molar-refractivity contribution is 5.06. The average Bonchev–Trinajstić information content (AvgIpc) is 3.16. The van der Waals surface area contributed by atoms with E-state index in [1.807, 2.05) is 17.9 Å². The summed E-state index contributed by atoms with van der Waals surface area (Å²) in [6, 6.07) is 2.79. The van der Waals surface area contributed by atoms with E-state index in [1.165, 1.54) is 25.0 Å². The van der Waals surface area contributed by atoms with Gasteiger partial charge in [-0.2, -0.15) is 5.10 Å². The molecule has 1 saturated heterocycles. The van der Waals surface area contributed by atoms with Gasteiger partial charge in [-0.25, -0.2) is 0 Å². The molecule has 0 aromatic carbocycles. The molecule has 0 spiro atoms. The van der Waals surface area contributed by atoms with E-state index in [4.69, 9.17) is 0 Å². The molecule has 2 fully saturated rings. The van der Waals surface area contributed by atoms with Crippen LogP contribution in [0.4, 0.5) is 0 Å². The summed E-state index contributed by atoms with van der Waals surface area (Å²) in [6.07, 6.45) is 6.05. The lowest BCUT2D eigenvalue weighted by Gasteiger charge is -2.46. The first kappa shape index (κ1) is 13.1. The van der Waals surface area contributed by atoms with Crippen LogP contribution in [0.2, 0.25) is 0 Å². The first-order valence-electron chi connectivity index (χ1n) is 7.58. The van der Waals surface area contributed by atoms with Gasteiger partial charge in [0.2, 0.25) is 0 Å². The van der Waals surface area contributed by atoms with E-state index in [0.717, 1.165) is 25.6 Å². The summed E-state index contributed by atoms with van der Waals surface area (Å²) in [4.78, 5) is 2.64. The Labute approximate surface area is 116 Å². The van der Waals surface area contributed by atoms with Crippen LogP contribution in [0.1, 0.15) is 38.8 Å². The SMILES string of the molecule is CCC1CNC(C)(C2CC2)CN1Cc1ccn(C)n1. The van der Waals surface area contributed by atoms with Gasteiger partial charge in [0.1, 0.15) is 0 Å². The molecule has 2 heterocycles. The average molecular weight is 262 g/mol. The minimum Gasteiger partial charge on any atom is -0.308 e. The van der Waals surface area contributed by atoms with Crippen LogP contribution in [0.15, 0.2) is 12.3 Å². The normalized spacial score (nSPS) is 32.7. The molecule has 0 radical (unpaired) electrons. The Hall–Kier alpha value is -0.870. The van der Waals surface area contributed by atoms with Crippen molar-refractivity contribution in [3.05, 3.63) is 18.0 Å². The van der Waals surface area contributed by atoms with Crippen molar-refractivity contribution in [3.63, 3.8) is 0 Å². The van der Waals surface area contributed by atoms with Crippen LogP contribution in [0, 0.1) is 5.92 Å². The molecular formula is C15H26N4. The van der Waals surface area contributed by atoms with Crippen LogP contribution in [0.25, 0.3) is 0 Å². The third-order valence-electron chi connectivity index (χ3n) is 4.87. The van der Waals surface area contributed by atoms with Gasteiger partial charge >= 0.3 is 0 Å². The molecule has 1 aromatic heterocycles. The van der Waals surface area contributed by atoms with E-state index in [9.17, 15) is 0 Å². The Morgan fingerprint density at radius 1 is 1.47 bits per heavy atom. The standard InChI is InChI=1S/C15H26N4/c1-4-14-9-16-15(2,12-5-6-12)11-19(14)10-13-7-8-18(3)17-13/h7-8,12,14,16H,4-6,9-11H2,1-3H3. The van der Waals surface area contributed by atoms with Gasteiger partial charge in [-0.1, -0.05) is 6.92 Å². The Balaban J connectivity index is 1.71. The number of nitrogens with one attached hydrogen (secondary N) is 1. The van der Waals surface area contributed by atoms with Crippen molar-refractivity contribution in [1.29, 1.82) is 0 Å². The monoisotopic (exact) mass is 262 g/mol. The molecule has 4 nitrogen and oxygen atoms in total. The van der Waals surface area contributed by atoms with E-state index >= 15 is 0 Å². The van der Waals surface area contributed by atoms with Gasteiger partial charge < -0.3 is 5.32 Å². The largest absolute Gasteiger partial charge is 0.308 e. The Morgan fingerprint density at radius 3 is 2.84 bits per heavy atom. The molecule has 2 atom stereocenters. The Bertz CT molecular complexity index is 437. The molecule has 1 aromatic rings. The molecule has 0 amide bonds. The molecule has 106 valence electrons. The fourth-order valence-corrected chi connectivity index (χ4v) is 3.42. The summed E-state index contributed by atoms with van der Waals surface area (Å²) in [7, 11) is 1.99. The second kappa shape index (κ2) is 4.91. The van der Waals surface area contributed by atoms with Crippen LogP contribution in [0.5, 0.6) is 0 Å². The van der Waals surface area contributed by atoms with Crippen LogP contribution >= 0.6 is 0 Å². The lowest BCUT2D eigenvalue weighted by Crippen LogP contribution is -2.63. The third kappa shape index (κ3) is 2.70. The minimum absolute atomic E-state index is 0.320. The summed E-state index contributed by atoms with van der Waals surface area (Å²) in [5, 5.41) is 8.35. The Kier molecular flexibility index (Phi) is 3.39. The summed E-state index contributed by atoms with van der Waals surface area (Å²) < 4.78 is 1.90. The fraction of sp³-hybridized carbons (Fsp3) is 0.800. The van der Waals surface area contributed by atoms with Crippen molar-refractivity contribution in [2.24, 2.45) is 13.0 Å². The van der Waals surface area contributed by atoms with Crippen LogP contribution in [-0.2, 0) is 13.6 Å². The van der Waals surface area contributed by atoms with E-state index in [1.54, 1.807) is 0 Å². The van der Waals surface area contributed by atoms with Gasteiger partial charge in [0.05, 0.1) is 5.69 Å². The molecule has 1 aliphatic carbocycles. The predicted molar refractivity (Wildman–Crippen MR) is 76.8 cm³/mol. The van der Waals surface area contributed by atoms with Gasteiger partial charge in [0.25, 0.3) is 0 Å². The zero-order chi connectivity index (χ0) is 13.5. The van der Waals surface area contributed by atoms with Crippen molar-refractivity contribution in [2.45, 2.75) is 51.2 Å². The van der Waals surface area contributed by atoms with Gasteiger partial charge in [-0.15, -0.1) is 0 Å². The number of hydrogen-bond acceptors (Lipinski definition) is 3. The topological polar surface area (TPSA) is 33.1 Å². The quantitative estimate of drug-likeness (QED) is 0.898. The minimum atomic E-state index is 0.320. The van der Waals surface area contributed by atoms with E-state index < -0.39 is 0 Å². The lowest BCUT2D eigenvalue weighted by atomic mass is 9.90. The van der Waals surface area contributed by atoms with Crippen LogP contribution in [0.3, 0.4) is 0 Å². The van der Waals surface area contributed by atoms with Crippen molar-refractivity contribution >= 4 is 0 Å². The number of nitrogens with zero attached hydrogens (tertiary/aromatic N) is 3. The number of aromatic nitrogens is 2. The van der Waals surface area contributed by atoms with Gasteiger partial charge in [-0.05, 0) is 38.2 Å². The molecular weight excluding hydrogens is 236 g/mol. The zero-order valence-corrected chi connectivity index (χ0v) is 12.4. The summed E-state index contributed by atoms with van der Waals surface area (Å²) in [6.45, 7) is 7.96. The van der Waals surface area contributed by atoms with E-state index in [0.29, 0.717) is 11.6 Å². The molecule has 4 heteroatoms. The molecule has 1 N–H and O–H groups in total. The van der Waals surface area contributed by atoms with Crippen LogP contribution < -0.4 is 5.32 Å². The first-order valence-corrected chi connectivity index (χ1v) is 7.58. The second-order valence-corrected chi connectivity index (χ2v) is 6.52. The van der Waals surface area contributed by atoms with Crippen LogP contribution in [-0.4, -0.2) is 39.4 Å². The third-order valence-corrected chi connectivity index (χ3v) is 4.87. The highest BCUT2D eigenvalue weighted by Gasteiger charge is 2.45. The molecule has 1 saturated carbocycles. The molecule has 3 rings (SSSR count). The van der Waals surface area contributed by atoms with E-state index in [2.05, 4.69) is 35.2 Å². The number of piperazine rings is 1. The van der Waals surface area contributed by atoms with Gasteiger partial charge in [-0.3, -0.25) is 9.58 Å². The van der Waals surface area contributed by atoms with Crippen molar-refractivity contribution in [1.82, 2.24) is 20.0 Å². The maximum Gasteiger partial charge on any atom is 0.0764 e. The summed E-state index contributed by atoms with van der Waals surface area (Å²) in [5.41, 5.74) is 1.52. The van der Waals surface area contributed by atoms with Crippen molar-refractivity contribution in [3.8, 4) is 0 Å². The van der Waals surface area contributed by atoms with Crippen molar-refractivity contribution < 1.29 is 0 Å². The summed E-state index contributed by atoms with van der Waals surface area (Å²) in [5.74, 6) is 0.886. The maximum absolute atomic E-state index is 4.54. The lowest BCUT2D eigenvalue weighted by molar-refractivity contribution is 0.0654. The van der Waals surface area contributed by atoms with Crippen molar-refractivity contribution in [2.75, 3.05) is 13.1 Å². The maximum atomic E-state index is 4.54. The zero-order valence-electron chi connectivity index (χ0n) is 12.4. The number of rotatable bonds is 4. The first-order chi connectivity index (χ1) is 9.10. The molecule has 19 heavy (non-hydrogen) atoms. The number of aryl methyl sites for hydroxylation is 1.